The number of amides is 1. The summed E-state index contributed by atoms with van der Waals surface area (Å²) in [6.45, 7) is 3.88. The molecule has 0 fully saturated rings. The Morgan fingerprint density at radius 3 is 2.54 bits per heavy atom. The molecule has 0 aliphatic rings. The largest absolute Gasteiger partial charge is 0.508 e. The molecule has 24 heavy (non-hydrogen) atoms. The number of aryl methyl sites for hydroxylation is 1. The molecule has 0 saturated heterocycles. The topological polar surface area (TPSA) is 88.5 Å². The highest BCUT2D eigenvalue weighted by Crippen LogP contribution is 2.19. The summed E-state index contributed by atoms with van der Waals surface area (Å²) in [6, 6.07) is 7.48. The molecular weight excluding hydrogens is 308 g/mol. The number of methoxy groups -OCH3 is 1. The van der Waals surface area contributed by atoms with E-state index in [-0.39, 0.29) is 22.9 Å². The third kappa shape index (κ3) is 4.10. The lowest BCUT2D eigenvalue weighted by molar-refractivity contribution is 0.0600. The number of hydrogen-bond acceptors (Lipinski definition) is 5. The van der Waals surface area contributed by atoms with Gasteiger partial charge < -0.3 is 15.2 Å². The Labute approximate surface area is 140 Å². The molecule has 6 heteroatoms. The second-order valence-electron chi connectivity index (χ2n) is 5.45. The third-order valence-corrected chi connectivity index (χ3v) is 3.61. The van der Waals surface area contributed by atoms with Crippen LogP contribution in [-0.2, 0) is 4.74 Å². The Hall–Kier alpha value is -2.89. The summed E-state index contributed by atoms with van der Waals surface area (Å²) in [5, 5.41) is 12.6. The fraction of sp³-hybridized carbons (Fsp3) is 0.278. The number of aromatic hydroxyl groups is 1. The van der Waals surface area contributed by atoms with Gasteiger partial charge in [0.1, 0.15) is 5.75 Å². The van der Waals surface area contributed by atoms with Crippen LogP contribution in [0.4, 0.5) is 0 Å². The highest BCUT2D eigenvalue weighted by atomic mass is 16.5. The summed E-state index contributed by atoms with van der Waals surface area (Å²) in [7, 11) is 1.24. The lowest BCUT2D eigenvalue weighted by Gasteiger charge is -2.17. The van der Waals surface area contributed by atoms with E-state index in [0.29, 0.717) is 6.42 Å². The van der Waals surface area contributed by atoms with Crippen LogP contribution in [0.1, 0.15) is 51.4 Å². The molecule has 1 aromatic heterocycles. The molecule has 1 amide bonds. The molecule has 2 aromatic rings. The first-order chi connectivity index (χ1) is 11.4. The molecular formula is C18H20N2O4. The summed E-state index contributed by atoms with van der Waals surface area (Å²) >= 11 is 0. The Balaban J connectivity index is 2.23. The van der Waals surface area contributed by atoms with E-state index in [9.17, 15) is 14.7 Å². The average Bonchev–Trinajstić information content (AvgIpc) is 2.59. The van der Waals surface area contributed by atoms with Gasteiger partial charge in [-0.2, -0.15) is 0 Å². The molecule has 2 rings (SSSR count). The predicted octanol–water partition coefficient (Wildman–Crippen LogP) is 2.76. The van der Waals surface area contributed by atoms with Crippen LogP contribution < -0.4 is 5.32 Å². The fourth-order valence-corrected chi connectivity index (χ4v) is 2.29. The summed E-state index contributed by atoms with van der Waals surface area (Å²) in [5.74, 6) is -1.19. The van der Waals surface area contributed by atoms with Crippen molar-refractivity contribution in [3.63, 3.8) is 0 Å². The first-order valence-electron chi connectivity index (χ1n) is 7.60. The highest BCUT2D eigenvalue weighted by Gasteiger charge is 2.18. The molecule has 1 atom stereocenters. The number of benzene rings is 1. The summed E-state index contributed by atoms with van der Waals surface area (Å²) in [4.78, 5) is 28.4. The lowest BCUT2D eigenvalue weighted by atomic mass is 10.1. The number of pyridine rings is 1. The molecule has 0 unspecified atom stereocenters. The normalized spacial score (nSPS) is 11.6. The zero-order valence-corrected chi connectivity index (χ0v) is 13.9. The van der Waals surface area contributed by atoms with Crippen molar-refractivity contribution in [2.45, 2.75) is 26.3 Å². The van der Waals surface area contributed by atoms with Gasteiger partial charge in [0.25, 0.3) is 5.91 Å². The molecule has 0 aliphatic heterocycles. The van der Waals surface area contributed by atoms with E-state index < -0.39 is 11.9 Å². The van der Waals surface area contributed by atoms with Crippen LogP contribution in [0.15, 0.2) is 36.5 Å². The van der Waals surface area contributed by atoms with E-state index in [2.05, 4.69) is 15.0 Å². The van der Waals surface area contributed by atoms with E-state index in [1.165, 1.54) is 25.3 Å². The van der Waals surface area contributed by atoms with Crippen molar-refractivity contribution in [1.82, 2.24) is 10.3 Å². The number of hydrogen-bond donors (Lipinski definition) is 2. The van der Waals surface area contributed by atoms with E-state index in [1.807, 2.05) is 26.0 Å². The minimum atomic E-state index is -0.618. The smallest absolute Gasteiger partial charge is 0.338 e. The number of phenols is 1. The average molecular weight is 328 g/mol. The predicted molar refractivity (Wildman–Crippen MR) is 88.9 cm³/mol. The monoisotopic (exact) mass is 328 g/mol. The van der Waals surface area contributed by atoms with Crippen LogP contribution in [0, 0.1) is 6.92 Å². The summed E-state index contributed by atoms with van der Waals surface area (Å²) in [6.07, 6.45) is 2.40. The minimum absolute atomic E-state index is 0.115. The number of rotatable bonds is 5. The van der Waals surface area contributed by atoms with E-state index >= 15 is 0 Å². The van der Waals surface area contributed by atoms with Crippen LogP contribution in [0.25, 0.3) is 0 Å². The zero-order chi connectivity index (χ0) is 17.7. The Kier molecular flexibility index (Phi) is 5.52. The van der Waals surface area contributed by atoms with Gasteiger partial charge in [0.05, 0.1) is 24.4 Å². The molecule has 2 N–H and O–H groups in total. The number of carbonyl (C=O) groups excluding carboxylic acids is 2. The fourth-order valence-electron chi connectivity index (χ4n) is 2.29. The quantitative estimate of drug-likeness (QED) is 0.824. The van der Waals surface area contributed by atoms with Crippen molar-refractivity contribution < 1.29 is 19.4 Å². The number of aromatic nitrogens is 1. The van der Waals surface area contributed by atoms with Crippen molar-refractivity contribution in [3.8, 4) is 5.75 Å². The molecule has 1 aromatic carbocycles. The second kappa shape index (κ2) is 7.59. The molecule has 6 nitrogen and oxygen atoms in total. The van der Waals surface area contributed by atoms with Crippen LogP contribution in [0.3, 0.4) is 0 Å². The van der Waals surface area contributed by atoms with Gasteiger partial charge in [0, 0.05) is 11.8 Å². The van der Waals surface area contributed by atoms with Crippen LogP contribution in [0.5, 0.6) is 5.75 Å². The molecule has 126 valence electrons. The Morgan fingerprint density at radius 1 is 1.25 bits per heavy atom. The van der Waals surface area contributed by atoms with Crippen molar-refractivity contribution in [3.05, 3.63) is 58.9 Å². The number of esters is 1. The van der Waals surface area contributed by atoms with E-state index in [1.54, 1.807) is 6.20 Å². The molecule has 0 radical (unpaired) electrons. The van der Waals surface area contributed by atoms with Gasteiger partial charge in [0.15, 0.2) is 0 Å². The first kappa shape index (κ1) is 17.5. The van der Waals surface area contributed by atoms with Gasteiger partial charge in [-0.1, -0.05) is 13.0 Å². The Morgan fingerprint density at radius 2 is 1.96 bits per heavy atom. The number of nitrogens with one attached hydrogen (secondary N) is 1. The standard InChI is InChI=1S/C18H20N2O4/c1-4-15(16-6-5-11(2)10-19-16)20-17(22)12-7-13(18(23)24-3)9-14(21)8-12/h5-10,15,21H,4H2,1-3H3,(H,20,22)/t15-/m1/s1. The second-order valence-corrected chi connectivity index (χ2v) is 5.45. The van der Waals surface area contributed by atoms with Gasteiger partial charge in [-0.25, -0.2) is 4.79 Å². The zero-order valence-electron chi connectivity index (χ0n) is 13.9. The third-order valence-electron chi connectivity index (χ3n) is 3.61. The number of ether oxygens (including phenoxy) is 1. The number of nitrogens with zero attached hydrogens (tertiary/aromatic N) is 1. The maximum atomic E-state index is 12.5. The minimum Gasteiger partial charge on any atom is -0.508 e. The Bertz CT molecular complexity index is 741. The van der Waals surface area contributed by atoms with Gasteiger partial charge >= 0.3 is 5.97 Å². The van der Waals surface area contributed by atoms with E-state index in [0.717, 1.165) is 11.3 Å². The summed E-state index contributed by atoms with van der Waals surface area (Å²) < 4.78 is 4.62. The molecule has 0 spiro atoms. The van der Waals surface area contributed by atoms with Gasteiger partial charge in [-0.15, -0.1) is 0 Å². The molecule has 0 aliphatic carbocycles. The number of phenolic OH excluding ortho intramolecular Hbond substituents is 1. The van der Waals surface area contributed by atoms with Crippen molar-refractivity contribution in [2.75, 3.05) is 7.11 Å². The van der Waals surface area contributed by atoms with Crippen LogP contribution in [0.2, 0.25) is 0 Å². The maximum absolute atomic E-state index is 12.5. The van der Waals surface area contributed by atoms with Crippen molar-refractivity contribution in [2.24, 2.45) is 0 Å². The summed E-state index contributed by atoms with van der Waals surface area (Å²) in [5.41, 5.74) is 2.09. The van der Waals surface area contributed by atoms with Crippen LogP contribution in [-0.4, -0.2) is 29.1 Å². The molecule has 0 bridgehead atoms. The maximum Gasteiger partial charge on any atom is 0.338 e. The SMILES string of the molecule is CC[C@@H](NC(=O)c1cc(O)cc(C(=O)OC)c1)c1ccc(C)cn1. The van der Waals surface area contributed by atoms with Crippen molar-refractivity contribution in [1.29, 1.82) is 0 Å². The highest BCUT2D eigenvalue weighted by molar-refractivity contribution is 5.98. The van der Waals surface area contributed by atoms with E-state index in [4.69, 9.17) is 0 Å². The molecule has 0 saturated carbocycles. The van der Waals surface area contributed by atoms with Crippen molar-refractivity contribution >= 4 is 11.9 Å². The lowest BCUT2D eigenvalue weighted by Crippen LogP contribution is -2.29. The van der Waals surface area contributed by atoms with Crippen LogP contribution >= 0.6 is 0 Å². The van der Waals surface area contributed by atoms with Gasteiger partial charge in [-0.3, -0.25) is 9.78 Å². The first-order valence-corrected chi connectivity index (χ1v) is 7.60. The molecule has 1 heterocycles. The van der Waals surface area contributed by atoms with Gasteiger partial charge in [0.2, 0.25) is 0 Å². The number of carbonyl (C=O) groups is 2. The van der Waals surface area contributed by atoms with Gasteiger partial charge in [-0.05, 0) is 43.2 Å².